The highest BCUT2D eigenvalue weighted by molar-refractivity contribution is 6.35. The second-order valence-electron chi connectivity index (χ2n) is 5.31. The number of hydrogen-bond acceptors (Lipinski definition) is 4. The Balaban J connectivity index is 1.72. The van der Waals surface area contributed by atoms with Crippen LogP contribution in [0.2, 0.25) is 10.0 Å². The van der Waals surface area contributed by atoms with Crippen LogP contribution in [-0.2, 0) is 4.79 Å². The first-order chi connectivity index (χ1) is 11.5. The molecule has 1 aliphatic rings. The van der Waals surface area contributed by atoms with E-state index in [0.29, 0.717) is 46.1 Å². The molecule has 0 spiro atoms. The molecule has 1 atom stereocenters. The molecule has 0 fully saturated rings. The number of hydrogen-bond donors (Lipinski definition) is 2. The van der Waals surface area contributed by atoms with E-state index < -0.39 is 6.04 Å². The summed E-state index contributed by atoms with van der Waals surface area (Å²) in [5, 5.41) is 6.82. The molecule has 2 aromatic carbocycles. The van der Waals surface area contributed by atoms with Crippen LogP contribution in [0.25, 0.3) is 0 Å². The number of anilines is 2. The number of benzene rings is 2. The van der Waals surface area contributed by atoms with E-state index in [2.05, 4.69) is 10.6 Å². The molecule has 0 saturated heterocycles. The molecule has 0 aliphatic carbocycles. The number of rotatable bonds is 4. The lowest BCUT2D eigenvalue weighted by molar-refractivity contribution is -0.116. The molecule has 1 heterocycles. The van der Waals surface area contributed by atoms with Crippen LogP contribution in [0, 0.1) is 0 Å². The predicted octanol–water partition coefficient (Wildman–Crippen LogP) is 4.20. The van der Waals surface area contributed by atoms with Crippen LogP contribution < -0.4 is 20.1 Å². The number of halogens is 2. The minimum Gasteiger partial charge on any atom is -0.486 e. The summed E-state index contributed by atoms with van der Waals surface area (Å²) < 4.78 is 11.2. The Morgan fingerprint density at radius 3 is 2.75 bits per heavy atom. The Labute approximate surface area is 149 Å². The summed E-state index contributed by atoms with van der Waals surface area (Å²) in [6, 6.07) is 9.90. The third-order valence-electron chi connectivity index (χ3n) is 3.52. The Bertz CT molecular complexity index is 767. The molecular formula is C17H16Cl2N2O3. The second kappa shape index (κ2) is 7.20. The molecule has 0 unspecified atom stereocenters. The molecule has 24 heavy (non-hydrogen) atoms. The molecule has 2 N–H and O–H groups in total. The minimum atomic E-state index is -0.517. The van der Waals surface area contributed by atoms with Gasteiger partial charge in [0.05, 0.1) is 16.4 Å². The lowest BCUT2D eigenvalue weighted by atomic mass is 10.2. The van der Waals surface area contributed by atoms with Gasteiger partial charge in [-0.2, -0.15) is 0 Å². The van der Waals surface area contributed by atoms with Crippen LogP contribution in [-0.4, -0.2) is 25.2 Å². The van der Waals surface area contributed by atoms with Gasteiger partial charge in [-0.05, 0) is 37.3 Å². The number of para-hydroxylation sites is 1. The number of fused-ring (bicyclic) bond motifs is 1. The summed E-state index contributed by atoms with van der Waals surface area (Å²) in [5.74, 6) is 1.04. The third-order valence-corrected chi connectivity index (χ3v) is 4.08. The van der Waals surface area contributed by atoms with Crippen molar-refractivity contribution in [3.05, 3.63) is 46.4 Å². The average molecular weight is 367 g/mol. The Kier molecular flexibility index (Phi) is 5.02. The van der Waals surface area contributed by atoms with Crippen molar-refractivity contribution in [1.82, 2.24) is 0 Å². The standard InChI is InChI=1S/C17H16Cl2N2O3/c1-10(17(22)21-14-9-11(18)5-6-12(14)19)20-13-3-2-4-15-16(13)24-8-7-23-15/h2-6,9-10,20H,7-8H2,1H3,(H,21,22)/t10-/m0/s1. The fraction of sp³-hybridized carbons (Fsp3) is 0.235. The summed E-state index contributed by atoms with van der Waals surface area (Å²) in [7, 11) is 0. The van der Waals surface area contributed by atoms with Crippen molar-refractivity contribution >= 4 is 40.5 Å². The highest BCUT2D eigenvalue weighted by Crippen LogP contribution is 2.37. The van der Waals surface area contributed by atoms with Crippen molar-refractivity contribution in [2.24, 2.45) is 0 Å². The highest BCUT2D eigenvalue weighted by Gasteiger charge is 2.20. The van der Waals surface area contributed by atoms with Gasteiger partial charge in [0.25, 0.3) is 0 Å². The topological polar surface area (TPSA) is 59.6 Å². The van der Waals surface area contributed by atoms with Crippen molar-refractivity contribution in [1.29, 1.82) is 0 Å². The highest BCUT2D eigenvalue weighted by atomic mass is 35.5. The zero-order valence-corrected chi connectivity index (χ0v) is 14.4. The van der Waals surface area contributed by atoms with Crippen LogP contribution in [0.15, 0.2) is 36.4 Å². The fourth-order valence-electron chi connectivity index (χ4n) is 2.32. The van der Waals surface area contributed by atoms with Crippen molar-refractivity contribution in [2.75, 3.05) is 23.8 Å². The Hall–Kier alpha value is -2.11. The van der Waals surface area contributed by atoms with Crippen LogP contribution in [0.4, 0.5) is 11.4 Å². The minimum absolute atomic E-state index is 0.242. The van der Waals surface area contributed by atoms with E-state index in [-0.39, 0.29) is 5.91 Å². The van der Waals surface area contributed by atoms with Gasteiger partial charge < -0.3 is 20.1 Å². The number of ether oxygens (including phenoxy) is 2. The molecule has 2 aromatic rings. The van der Waals surface area contributed by atoms with E-state index in [1.807, 2.05) is 18.2 Å². The van der Waals surface area contributed by atoms with Gasteiger partial charge in [-0.25, -0.2) is 0 Å². The summed E-state index contributed by atoms with van der Waals surface area (Å²) >= 11 is 12.0. The molecular weight excluding hydrogens is 351 g/mol. The predicted molar refractivity (Wildman–Crippen MR) is 95.6 cm³/mol. The zero-order valence-electron chi connectivity index (χ0n) is 12.9. The van der Waals surface area contributed by atoms with Crippen LogP contribution >= 0.6 is 23.2 Å². The molecule has 1 aliphatic heterocycles. The first kappa shape index (κ1) is 16.7. The van der Waals surface area contributed by atoms with Gasteiger partial charge in [0.1, 0.15) is 19.3 Å². The van der Waals surface area contributed by atoms with Crippen molar-refractivity contribution in [3.8, 4) is 11.5 Å². The Morgan fingerprint density at radius 2 is 1.92 bits per heavy atom. The largest absolute Gasteiger partial charge is 0.486 e. The monoisotopic (exact) mass is 366 g/mol. The van der Waals surface area contributed by atoms with Gasteiger partial charge in [0.15, 0.2) is 11.5 Å². The van der Waals surface area contributed by atoms with Gasteiger partial charge >= 0.3 is 0 Å². The van der Waals surface area contributed by atoms with E-state index in [9.17, 15) is 4.79 Å². The fourth-order valence-corrected chi connectivity index (χ4v) is 2.66. The van der Waals surface area contributed by atoms with Gasteiger partial charge in [0, 0.05) is 5.02 Å². The van der Waals surface area contributed by atoms with E-state index in [1.165, 1.54) is 0 Å². The van der Waals surface area contributed by atoms with Gasteiger partial charge in [-0.3, -0.25) is 4.79 Å². The quantitative estimate of drug-likeness (QED) is 0.850. The maximum Gasteiger partial charge on any atom is 0.246 e. The third kappa shape index (κ3) is 3.68. The molecule has 0 aromatic heterocycles. The normalized spacial score (nSPS) is 14.0. The average Bonchev–Trinajstić information content (AvgIpc) is 2.58. The second-order valence-corrected chi connectivity index (χ2v) is 6.15. The van der Waals surface area contributed by atoms with E-state index in [0.717, 1.165) is 0 Å². The molecule has 7 heteroatoms. The van der Waals surface area contributed by atoms with Crippen molar-refractivity contribution in [3.63, 3.8) is 0 Å². The molecule has 3 rings (SSSR count). The van der Waals surface area contributed by atoms with Crippen molar-refractivity contribution in [2.45, 2.75) is 13.0 Å². The van der Waals surface area contributed by atoms with Gasteiger partial charge in [-0.1, -0.05) is 29.3 Å². The van der Waals surface area contributed by atoms with Gasteiger partial charge in [0.2, 0.25) is 5.91 Å². The number of carbonyl (C=O) groups is 1. The SMILES string of the molecule is C[C@H](Nc1cccc2c1OCCO2)C(=O)Nc1cc(Cl)ccc1Cl. The summed E-state index contributed by atoms with van der Waals surface area (Å²) in [5.41, 5.74) is 1.17. The first-order valence-electron chi connectivity index (χ1n) is 7.45. The number of carbonyl (C=O) groups excluding carboxylic acids is 1. The molecule has 126 valence electrons. The van der Waals surface area contributed by atoms with Gasteiger partial charge in [-0.15, -0.1) is 0 Å². The smallest absolute Gasteiger partial charge is 0.246 e. The van der Waals surface area contributed by atoms with Crippen molar-refractivity contribution < 1.29 is 14.3 Å². The number of nitrogens with one attached hydrogen (secondary N) is 2. The molecule has 1 amide bonds. The summed E-state index contributed by atoms with van der Waals surface area (Å²) in [6.45, 7) is 2.74. The lowest BCUT2D eigenvalue weighted by Crippen LogP contribution is -2.32. The molecule has 0 saturated carbocycles. The lowest BCUT2D eigenvalue weighted by Gasteiger charge is -2.23. The maximum absolute atomic E-state index is 12.4. The molecule has 0 bridgehead atoms. The summed E-state index contributed by atoms with van der Waals surface area (Å²) in [6.07, 6.45) is 0. The number of amides is 1. The first-order valence-corrected chi connectivity index (χ1v) is 8.21. The van der Waals surface area contributed by atoms with E-state index >= 15 is 0 Å². The molecule has 0 radical (unpaired) electrons. The summed E-state index contributed by atoms with van der Waals surface area (Å²) in [4.78, 5) is 12.4. The molecule has 5 nitrogen and oxygen atoms in total. The zero-order chi connectivity index (χ0) is 17.1. The van der Waals surface area contributed by atoms with Crippen LogP contribution in [0.1, 0.15) is 6.92 Å². The van der Waals surface area contributed by atoms with Crippen LogP contribution in [0.3, 0.4) is 0 Å². The van der Waals surface area contributed by atoms with Crippen LogP contribution in [0.5, 0.6) is 11.5 Å². The van der Waals surface area contributed by atoms with E-state index in [1.54, 1.807) is 25.1 Å². The van der Waals surface area contributed by atoms with E-state index in [4.69, 9.17) is 32.7 Å². The Morgan fingerprint density at radius 1 is 1.12 bits per heavy atom. The maximum atomic E-state index is 12.4.